The Morgan fingerprint density at radius 2 is 2.07 bits per heavy atom. The summed E-state index contributed by atoms with van der Waals surface area (Å²) >= 11 is 0. The molecule has 1 unspecified atom stereocenters. The lowest BCUT2D eigenvalue weighted by molar-refractivity contribution is 0.521. The van der Waals surface area contributed by atoms with Crippen LogP contribution in [0.5, 0.6) is 0 Å². The third-order valence-electron chi connectivity index (χ3n) is 2.36. The van der Waals surface area contributed by atoms with Crippen LogP contribution in [0.4, 0.5) is 0 Å². The van der Waals surface area contributed by atoms with E-state index in [1.807, 2.05) is 30.3 Å². The molecule has 0 bridgehead atoms. The SMILES string of the molecule is NC(CCn1cncn1)c1ccccc1. The monoisotopic (exact) mass is 202 g/mol. The summed E-state index contributed by atoms with van der Waals surface area (Å²) in [6.07, 6.45) is 4.11. The lowest BCUT2D eigenvalue weighted by Gasteiger charge is -2.11. The van der Waals surface area contributed by atoms with E-state index in [4.69, 9.17) is 5.73 Å². The quantitative estimate of drug-likeness (QED) is 0.814. The molecule has 1 aromatic carbocycles. The molecule has 1 atom stereocenters. The second kappa shape index (κ2) is 4.70. The molecule has 2 rings (SSSR count). The standard InChI is InChI=1S/C11H14N4/c12-11(10-4-2-1-3-5-10)6-7-15-9-13-8-14-15/h1-5,8-9,11H,6-7,12H2. The smallest absolute Gasteiger partial charge is 0.137 e. The number of aromatic nitrogens is 3. The van der Waals surface area contributed by atoms with Gasteiger partial charge in [0, 0.05) is 12.6 Å². The van der Waals surface area contributed by atoms with Gasteiger partial charge < -0.3 is 5.73 Å². The first-order valence-corrected chi connectivity index (χ1v) is 4.99. The van der Waals surface area contributed by atoms with Crippen molar-refractivity contribution >= 4 is 0 Å². The van der Waals surface area contributed by atoms with Crippen LogP contribution in [0.15, 0.2) is 43.0 Å². The van der Waals surface area contributed by atoms with Crippen molar-refractivity contribution in [2.75, 3.05) is 0 Å². The lowest BCUT2D eigenvalue weighted by Crippen LogP contribution is -2.13. The summed E-state index contributed by atoms with van der Waals surface area (Å²) in [5, 5.41) is 4.03. The zero-order valence-electron chi connectivity index (χ0n) is 8.45. The highest BCUT2D eigenvalue weighted by Gasteiger charge is 2.04. The molecule has 0 aliphatic carbocycles. The minimum absolute atomic E-state index is 0.0652. The van der Waals surface area contributed by atoms with Crippen LogP contribution in [0.3, 0.4) is 0 Å². The van der Waals surface area contributed by atoms with Crippen molar-refractivity contribution in [1.29, 1.82) is 0 Å². The molecule has 0 saturated heterocycles. The second-order valence-corrected chi connectivity index (χ2v) is 3.46. The van der Waals surface area contributed by atoms with Crippen LogP contribution in [-0.4, -0.2) is 14.8 Å². The number of aryl methyl sites for hydroxylation is 1. The molecule has 15 heavy (non-hydrogen) atoms. The first-order chi connectivity index (χ1) is 7.36. The second-order valence-electron chi connectivity index (χ2n) is 3.46. The van der Waals surface area contributed by atoms with Crippen LogP contribution in [0.1, 0.15) is 18.0 Å². The van der Waals surface area contributed by atoms with Crippen LogP contribution in [0.25, 0.3) is 0 Å². The summed E-state index contributed by atoms with van der Waals surface area (Å²) < 4.78 is 1.79. The normalized spacial score (nSPS) is 12.6. The highest BCUT2D eigenvalue weighted by molar-refractivity contribution is 5.18. The molecule has 4 nitrogen and oxygen atoms in total. The summed E-state index contributed by atoms with van der Waals surface area (Å²) in [5.74, 6) is 0. The Balaban J connectivity index is 1.90. The number of nitrogens with zero attached hydrogens (tertiary/aromatic N) is 3. The van der Waals surface area contributed by atoms with Gasteiger partial charge in [-0.1, -0.05) is 30.3 Å². The molecule has 0 spiro atoms. The average molecular weight is 202 g/mol. The third-order valence-corrected chi connectivity index (χ3v) is 2.36. The summed E-state index contributed by atoms with van der Waals surface area (Å²) in [6.45, 7) is 0.802. The van der Waals surface area contributed by atoms with Gasteiger partial charge in [-0.05, 0) is 12.0 Å². The van der Waals surface area contributed by atoms with Crippen molar-refractivity contribution in [3.63, 3.8) is 0 Å². The van der Waals surface area contributed by atoms with Crippen LogP contribution in [0.2, 0.25) is 0 Å². The summed E-state index contributed by atoms with van der Waals surface area (Å²) in [4.78, 5) is 3.88. The van der Waals surface area contributed by atoms with Crippen molar-refractivity contribution in [2.45, 2.75) is 19.0 Å². The van der Waals surface area contributed by atoms with E-state index >= 15 is 0 Å². The van der Waals surface area contributed by atoms with Gasteiger partial charge >= 0.3 is 0 Å². The van der Waals surface area contributed by atoms with Crippen molar-refractivity contribution in [2.24, 2.45) is 5.73 Å². The molecule has 0 aliphatic heterocycles. The van der Waals surface area contributed by atoms with Gasteiger partial charge in [0.25, 0.3) is 0 Å². The maximum Gasteiger partial charge on any atom is 0.137 e. The van der Waals surface area contributed by atoms with E-state index in [-0.39, 0.29) is 6.04 Å². The predicted molar refractivity (Wildman–Crippen MR) is 58.0 cm³/mol. The van der Waals surface area contributed by atoms with E-state index in [1.165, 1.54) is 6.33 Å². The van der Waals surface area contributed by atoms with Crippen LogP contribution < -0.4 is 5.73 Å². The van der Waals surface area contributed by atoms with E-state index < -0.39 is 0 Å². The maximum atomic E-state index is 6.05. The predicted octanol–water partition coefficient (Wildman–Crippen LogP) is 1.37. The minimum atomic E-state index is 0.0652. The van der Waals surface area contributed by atoms with Gasteiger partial charge in [0.05, 0.1) is 0 Å². The van der Waals surface area contributed by atoms with Gasteiger partial charge in [0.2, 0.25) is 0 Å². The number of hydrogen-bond acceptors (Lipinski definition) is 3. The molecule has 2 aromatic rings. The van der Waals surface area contributed by atoms with E-state index in [0.29, 0.717) is 0 Å². The molecule has 1 heterocycles. The fourth-order valence-electron chi connectivity index (χ4n) is 1.49. The Morgan fingerprint density at radius 3 is 2.73 bits per heavy atom. The molecule has 0 saturated carbocycles. The minimum Gasteiger partial charge on any atom is -0.324 e. The van der Waals surface area contributed by atoms with E-state index in [9.17, 15) is 0 Å². The van der Waals surface area contributed by atoms with E-state index in [2.05, 4.69) is 10.1 Å². The zero-order chi connectivity index (χ0) is 10.5. The first-order valence-electron chi connectivity index (χ1n) is 4.99. The van der Waals surface area contributed by atoms with Gasteiger partial charge in [0.15, 0.2) is 0 Å². The highest BCUT2D eigenvalue weighted by atomic mass is 15.3. The maximum absolute atomic E-state index is 6.05. The first kappa shape index (κ1) is 9.86. The fourth-order valence-corrected chi connectivity index (χ4v) is 1.49. The Kier molecular flexibility index (Phi) is 3.09. The van der Waals surface area contributed by atoms with Crippen LogP contribution in [0, 0.1) is 0 Å². The number of benzene rings is 1. The van der Waals surface area contributed by atoms with Crippen molar-refractivity contribution in [3.05, 3.63) is 48.5 Å². The Labute approximate surface area is 88.8 Å². The van der Waals surface area contributed by atoms with Gasteiger partial charge in [-0.3, -0.25) is 4.68 Å². The summed E-state index contributed by atoms with van der Waals surface area (Å²) in [7, 11) is 0. The number of hydrogen-bond donors (Lipinski definition) is 1. The number of nitrogens with two attached hydrogens (primary N) is 1. The lowest BCUT2D eigenvalue weighted by atomic mass is 10.1. The molecule has 4 heteroatoms. The summed E-state index contributed by atoms with van der Waals surface area (Å²) in [6, 6.07) is 10.2. The topological polar surface area (TPSA) is 56.7 Å². The molecule has 0 aliphatic rings. The largest absolute Gasteiger partial charge is 0.324 e. The van der Waals surface area contributed by atoms with Gasteiger partial charge in [0.1, 0.15) is 12.7 Å². The van der Waals surface area contributed by atoms with Crippen molar-refractivity contribution in [3.8, 4) is 0 Å². The molecule has 0 radical (unpaired) electrons. The molecule has 2 N–H and O–H groups in total. The highest BCUT2D eigenvalue weighted by Crippen LogP contribution is 2.13. The molecular weight excluding hydrogens is 188 g/mol. The molecule has 78 valence electrons. The molecular formula is C11H14N4. The Hall–Kier alpha value is -1.68. The fraction of sp³-hybridized carbons (Fsp3) is 0.273. The Bertz CT molecular complexity index is 382. The molecule has 1 aromatic heterocycles. The van der Waals surface area contributed by atoms with Gasteiger partial charge in [-0.2, -0.15) is 5.10 Å². The van der Waals surface area contributed by atoms with Crippen molar-refractivity contribution in [1.82, 2.24) is 14.8 Å². The van der Waals surface area contributed by atoms with E-state index in [1.54, 1.807) is 11.0 Å². The Morgan fingerprint density at radius 1 is 1.27 bits per heavy atom. The van der Waals surface area contributed by atoms with Gasteiger partial charge in [-0.25, -0.2) is 4.98 Å². The third kappa shape index (κ3) is 2.63. The average Bonchev–Trinajstić information content (AvgIpc) is 2.80. The molecule has 0 amide bonds. The zero-order valence-corrected chi connectivity index (χ0v) is 8.45. The van der Waals surface area contributed by atoms with Crippen molar-refractivity contribution < 1.29 is 0 Å². The van der Waals surface area contributed by atoms with Crippen LogP contribution >= 0.6 is 0 Å². The molecule has 0 fully saturated rings. The number of rotatable bonds is 4. The van der Waals surface area contributed by atoms with Crippen LogP contribution in [-0.2, 0) is 6.54 Å². The summed E-state index contributed by atoms with van der Waals surface area (Å²) in [5.41, 5.74) is 7.21. The van der Waals surface area contributed by atoms with Gasteiger partial charge in [-0.15, -0.1) is 0 Å². The van der Waals surface area contributed by atoms with E-state index in [0.717, 1.165) is 18.5 Å².